The van der Waals surface area contributed by atoms with E-state index in [1.165, 1.54) is 6.42 Å². The van der Waals surface area contributed by atoms with Crippen molar-refractivity contribution in [1.29, 1.82) is 0 Å². The quantitative estimate of drug-likeness (QED) is 0.790. The van der Waals surface area contributed by atoms with Gasteiger partial charge in [0.2, 0.25) is 11.8 Å². The minimum absolute atomic E-state index is 0.00853. The van der Waals surface area contributed by atoms with E-state index in [0.717, 1.165) is 55.7 Å². The second-order valence-electron chi connectivity index (χ2n) is 6.86. The summed E-state index contributed by atoms with van der Waals surface area (Å²) in [6, 6.07) is 5.65. The molecule has 1 aromatic carbocycles. The Balaban J connectivity index is 1.93. The summed E-state index contributed by atoms with van der Waals surface area (Å²) >= 11 is 0. The topological polar surface area (TPSA) is 61.4 Å². The van der Waals surface area contributed by atoms with Gasteiger partial charge in [-0.25, -0.2) is 0 Å². The van der Waals surface area contributed by atoms with Crippen LogP contribution in [0.1, 0.15) is 51.5 Å². The van der Waals surface area contributed by atoms with E-state index < -0.39 is 0 Å². The number of anilines is 2. The maximum atomic E-state index is 12.3. The summed E-state index contributed by atoms with van der Waals surface area (Å²) in [4.78, 5) is 26.6. The molecule has 5 nitrogen and oxygen atoms in total. The second-order valence-corrected chi connectivity index (χ2v) is 6.86. The molecule has 1 saturated carbocycles. The van der Waals surface area contributed by atoms with Crippen molar-refractivity contribution in [3.8, 4) is 0 Å². The molecule has 0 saturated heterocycles. The highest BCUT2D eigenvalue weighted by Gasteiger charge is 2.21. The van der Waals surface area contributed by atoms with Gasteiger partial charge in [0.1, 0.15) is 0 Å². The Hall–Kier alpha value is -1.88. The maximum absolute atomic E-state index is 12.3. The van der Waals surface area contributed by atoms with Crippen molar-refractivity contribution in [2.45, 2.75) is 52.9 Å². The van der Waals surface area contributed by atoms with E-state index in [9.17, 15) is 9.59 Å². The third-order valence-corrected chi connectivity index (χ3v) is 5.01. The standard InChI is InChI=1S/C20H31N3O2/c1-4-23(5-2)14-19(24)22-18-12-11-17(13-15(18)3)21-20(25)16-9-7-6-8-10-16/h11-13,16H,4-10,14H2,1-3H3,(H,21,25)(H,22,24). The maximum Gasteiger partial charge on any atom is 0.238 e. The number of nitrogens with one attached hydrogen (secondary N) is 2. The Bertz CT molecular complexity index is 591. The number of hydrogen-bond donors (Lipinski definition) is 2. The molecule has 0 atom stereocenters. The van der Waals surface area contributed by atoms with Gasteiger partial charge in [-0.3, -0.25) is 14.5 Å². The first kappa shape index (κ1) is 19.4. The van der Waals surface area contributed by atoms with Crippen LogP contribution < -0.4 is 10.6 Å². The lowest BCUT2D eigenvalue weighted by atomic mass is 9.88. The van der Waals surface area contributed by atoms with Crippen molar-refractivity contribution in [1.82, 2.24) is 4.90 Å². The highest BCUT2D eigenvalue weighted by atomic mass is 16.2. The Morgan fingerprint density at radius 3 is 2.36 bits per heavy atom. The van der Waals surface area contributed by atoms with E-state index in [-0.39, 0.29) is 17.7 Å². The van der Waals surface area contributed by atoms with Crippen LogP contribution >= 0.6 is 0 Å². The van der Waals surface area contributed by atoms with Crippen molar-refractivity contribution in [3.05, 3.63) is 23.8 Å². The molecule has 0 spiro atoms. The van der Waals surface area contributed by atoms with Gasteiger partial charge in [0.25, 0.3) is 0 Å². The van der Waals surface area contributed by atoms with Gasteiger partial charge in [-0.05, 0) is 56.6 Å². The number of aryl methyl sites for hydroxylation is 1. The summed E-state index contributed by atoms with van der Waals surface area (Å²) in [5.41, 5.74) is 2.55. The molecule has 0 bridgehead atoms. The average molecular weight is 345 g/mol. The number of nitrogens with zero attached hydrogens (tertiary/aromatic N) is 1. The zero-order chi connectivity index (χ0) is 18.2. The Morgan fingerprint density at radius 1 is 1.08 bits per heavy atom. The number of rotatable bonds is 7. The first-order chi connectivity index (χ1) is 12.0. The van der Waals surface area contributed by atoms with E-state index in [4.69, 9.17) is 0 Å². The lowest BCUT2D eigenvalue weighted by Gasteiger charge is -2.21. The molecule has 2 rings (SSSR count). The number of likely N-dealkylation sites (N-methyl/N-ethyl adjacent to an activating group) is 1. The molecule has 25 heavy (non-hydrogen) atoms. The van der Waals surface area contributed by atoms with Gasteiger partial charge in [0.05, 0.1) is 6.54 Å². The van der Waals surface area contributed by atoms with Gasteiger partial charge in [-0.1, -0.05) is 33.1 Å². The van der Waals surface area contributed by atoms with Crippen LogP contribution in [0.3, 0.4) is 0 Å². The Kier molecular flexibility index (Phi) is 7.44. The van der Waals surface area contributed by atoms with Crippen LogP contribution in [0.4, 0.5) is 11.4 Å². The minimum Gasteiger partial charge on any atom is -0.326 e. The smallest absolute Gasteiger partial charge is 0.238 e. The summed E-state index contributed by atoms with van der Waals surface area (Å²) in [7, 11) is 0. The molecule has 1 fully saturated rings. The van der Waals surface area contributed by atoms with Crippen molar-refractivity contribution in [2.75, 3.05) is 30.3 Å². The molecule has 1 aliphatic carbocycles. The van der Waals surface area contributed by atoms with Gasteiger partial charge >= 0.3 is 0 Å². The molecular weight excluding hydrogens is 314 g/mol. The highest BCUT2D eigenvalue weighted by molar-refractivity contribution is 5.95. The van der Waals surface area contributed by atoms with Crippen molar-refractivity contribution in [3.63, 3.8) is 0 Å². The van der Waals surface area contributed by atoms with Gasteiger partial charge in [0.15, 0.2) is 0 Å². The fourth-order valence-corrected chi connectivity index (χ4v) is 3.33. The number of hydrogen-bond acceptors (Lipinski definition) is 3. The minimum atomic E-state index is -0.00853. The van der Waals surface area contributed by atoms with E-state index >= 15 is 0 Å². The number of benzene rings is 1. The number of amides is 2. The van der Waals surface area contributed by atoms with Crippen LogP contribution in [0, 0.1) is 12.8 Å². The number of carbonyl (C=O) groups excluding carboxylic acids is 2. The lowest BCUT2D eigenvalue weighted by Crippen LogP contribution is -2.33. The molecule has 1 aliphatic rings. The Morgan fingerprint density at radius 2 is 1.76 bits per heavy atom. The molecule has 5 heteroatoms. The summed E-state index contributed by atoms with van der Waals surface area (Å²) in [6.07, 6.45) is 5.52. The highest BCUT2D eigenvalue weighted by Crippen LogP contribution is 2.26. The summed E-state index contributed by atoms with van der Waals surface area (Å²) in [5.74, 6) is 0.255. The molecular formula is C20H31N3O2. The predicted octanol–water partition coefficient (Wildman–Crippen LogP) is 3.79. The van der Waals surface area contributed by atoms with Crippen LogP contribution in [-0.2, 0) is 9.59 Å². The third-order valence-electron chi connectivity index (χ3n) is 5.01. The molecule has 1 aromatic rings. The van der Waals surface area contributed by atoms with Gasteiger partial charge < -0.3 is 10.6 Å². The zero-order valence-corrected chi connectivity index (χ0v) is 15.7. The predicted molar refractivity (Wildman–Crippen MR) is 103 cm³/mol. The molecule has 2 amide bonds. The van der Waals surface area contributed by atoms with E-state index in [2.05, 4.69) is 15.5 Å². The molecule has 0 unspecified atom stereocenters. The molecule has 0 radical (unpaired) electrons. The van der Waals surface area contributed by atoms with Gasteiger partial charge in [-0.15, -0.1) is 0 Å². The average Bonchev–Trinajstić information content (AvgIpc) is 2.62. The first-order valence-electron chi connectivity index (χ1n) is 9.47. The van der Waals surface area contributed by atoms with Crippen LogP contribution in [-0.4, -0.2) is 36.3 Å². The molecule has 0 aliphatic heterocycles. The fourth-order valence-electron chi connectivity index (χ4n) is 3.33. The molecule has 2 N–H and O–H groups in total. The van der Waals surface area contributed by atoms with Crippen molar-refractivity contribution in [2.24, 2.45) is 5.92 Å². The monoisotopic (exact) mass is 345 g/mol. The van der Waals surface area contributed by atoms with E-state index in [1.54, 1.807) is 0 Å². The van der Waals surface area contributed by atoms with E-state index in [1.807, 2.05) is 39.0 Å². The van der Waals surface area contributed by atoms with Gasteiger partial charge in [0, 0.05) is 17.3 Å². The lowest BCUT2D eigenvalue weighted by molar-refractivity contribution is -0.120. The van der Waals surface area contributed by atoms with Crippen molar-refractivity contribution >= 4 is 23.2 Å². The second kappa shape index (κ2) is 9.56. The molecule has 0 aromatic heterocycles. The molecule has 138 valence electrons. The van der Waals surface area contributed by atoms with Crippen LogP contribution in [0.25, 0.3) is 0 Å². The number of carbonyl (C=O) groups is 2. The zero-order valence-electron chi connectivity index (χ0n) is 15.7. The fraction of sp³-hybridized carbons (Fsp3) is 0.600. The SMILES string of the molecule is CCN(CC)CC(=O)Nc1ccc(NC(=O)C2CCCCC2)cc1C. The molecule has 0 heterocycles. The Labute approximate surface area is 151 Å². The summed E-state index contributed by atoms with van der Waals surface area (Å²) in [6.45, 7) is 8.15. The van der Waals surface area contributed by atoms with Gasteiger partial charge in [-0.2, -0.15) is 0 Å². The first-order valence-corrected chi connectivity index (χ1v) is 9.47. The van der Waals surface area contributed by atoms with Crippen LogP contribution in [0.15, 0.2) is 18.2 Å². The van der Waals surface area contributed by atoms with Crippen LogP contribution in [0.5, 0.6) is 0 Å². The summed E-state index contributed by atoms with van der Waals surface area (Å²) < 4.78 is 0. The largest absolute Gasteiger partial charge is 0.326 e. The van der Waals surface area contributed by atoms with E-state index in [0.29, 0.717) is 6.54 Å². The third kappa shape index (κ3) is 5.85. The summed E-state index contributed by atoms with van der Waals surface area (Å²) in [5, 5.41) is 5.98. The van der Waals surface area contributed by atoms with Crippen molar-refractivity contribution < 1.29 is 9.59 Å². The normalized spacial score (nSPS) is 15.2. The van der Waals surface area contributed by atoms with Crippen LogP contribution in [0.2, 0.25) is 0 Å².